The molecule has 0 unspecified atom stereocenters. The van der Waals surface area contributed by atoms with E-state index in [1.54, 1.807) is 19.5 Å². The predicted molar refractivity (Wildman–Crippen MR) is 104 cm³/mol. The number of rotatable bonds is 10. The molecule has 0 aliphatic carbocycles. The minimum absolute atomic E-state index is 0.156. The van der Waals surface area contributed by atoms with Crippen molar-refractivity contribution in [3.05, 3.63) is 47.8 Å². The monoisotopic (exact) mass is 356 g/mol. The minimum Gasteiger partial charge on any atom is -0.497 e. The summed E-state index contributed by atoms with van der Waals surface area (Å²) in [6.45, 7) is 6.64. The van der Waals surface area contributed by atoms with Gasteiger partial charge in [0.1, 0.15) is 5.75 Å². The van der Waals surface area contributed by atoms with E-state index in [4.69, 9.17) is 4.74 Å². The summed E-state index contributed by atoms with van der Waals surface area (Å²) in [5.41, 5.74) is 1.60. The van der Waals surface area contributed by atoms with E-state index in [2.05, 4.69) is 34.0 Å². The highest BCUT2D eigenvalue weighted by molar-refractivity contribution is 5.93. The van der Waals surface area contributed by atoms with Gasteiger partial charge in [0.05, 0.1) is 12.7 Å². The second kappa shape index (κ2) is 10.4. The normalized spacial score (nSPS) is 10.4. The number of nitrogens with one attached hydrogen (secondary N) is 1. The largest absolute Gasteiger partial charge is 0.497 e. The van der Waals surface area contributed by atoms with Crippen LogP contribution in [0.15, 0.2) is 36.7 Å². The summed E-state index contributed by atoms with van der Waals surface area (Å²) in [4.78, 5) is 23.1. The van der Waals surface area contributed by atoms with Gasteiger partial charge in [0, 0.05) is 32.0 Å². The van der Waals surface area contributed by atoms with Crippen LogP contribution >= 0.6 is 0 Å². The van der Waals surface area contributed by atoms with Crippen LogP contribution in [0.4, 0.5) is 5.95 Å². The molecule has 0 spiro atoms. The molecule has 0 fully saturated rings. The first-order chi connectivity index (χ1) is 12.7. The lowest BCUT2D eigenvalue weighted by Gasteiger charge is -2.21. The number of ether oxygens (including phenoxy) is 1. The number of hydrogen-bond donors (Lipinski definition) is 1. The van der Waals surface area contributed by atoms with Crippen LogP contribution in [0.2, 0.25) is 0 Å². The molecule has 1 heterocycles. The Bertz CT molecular complexity index is 682. The van der Waals surface area contributed by atoms with Gasteiger partial charge in [-0.25, -0.2) is 9.97 Å². The second-order valence-electron chi connectivity index (χ2n) is 6.12. The molecule has 1 aromatic heterocycles. The Kier molecular flexibility index (Phi) is 7.86. The Morgan fingerprint density at radius 1 is 1.15 bits per heavy atom. The van der Waals surface area contributed by atoms with E-state index in [-0.39, 0.29) is 5.91 Å². The number of hydrogen-bond acceptors (Lipinski definition) is 5. The van der Waals surface area contributed by atoms with Gasteiger partial charge in [0.25, 0.3) is 5.91 Å². The molecule has 1 aromatic carbocycles. The molecule has 26 heavy (non-hydrogen) atoms. The molecule has 0 aliphatic rings. The van der Waals surface area contributed by atoms with Crippen molar-refractivity contribution >= 4 is 11.9 Å². The first kappa shape index (κ1) is 19.7. The molecule has 6 heteroatoms. The molecule has 0 saturated heterocycles. The van der Waals surface area contributed by atoms with Gasteiger partial charge in [-0.15, -0.1) is 0 Å². The number of carbonyl (C=O) groups is 1. The van der Waals surface area contributed by atoms with Gasteiger partial charge in [0.2, 0.25) is 5.95 Å². The third kappa shape index (κ3) is 5.72. The summed E-state index contributed by atoms with van der Waals surface area (Å²) < 4.78 is 5.21. The summed E-state index contributed by atoms with van der Waals surface area (Å²) >= 11 is 0. The van der Waals surface area contributed by atoms with Crippen LogP contribution in [0, 0.1) is 0 Å². The Labute approximate surface area is 155 Å². The first-order valence-corrected chi connectivity index (χ1v) is 9.16. The van der Waals surface area contributed by atoms with Gasteiger partial charge in [0.15, 0.2) is 0 Å². The van der Waals surface area contributed by atoms with Gasteiger partial charge < -0.3 is 15.0 Å². The number of carbonyl (C=O) groups excluding carboxylic acids is 1. The molecule has 6 nitrogen and oxygen atoms in total. The summed E-state index contributed by atoms with van der Waals surface area (Å²) in [6.07, 6.45) is 6.01. The lowest BCUT2D eigenvalue weighted by molar-refractivity contribution is 0.0953. The maximum atomic E-state index is 12.3. The highest BCUT2D eigenvalue weighted by Crippen LogP contribution is 2.13. The van der Waals surface area contributed by atoms with E-state index in [0.717, 1.165) is 43.7 Å². The quantitative estimate of drug-likeness (QED) is 0.708. The lowest BCUT2D eigenvalue weighted by atomic mass is 10.1. The Balaban J connectivity index is 1.88. The predicted octanol–water partition coefficient (Wildman–Crippen LogP) is 3.08. The van der Waals surface area contributed by atoms with Crippen LogP contribution < -0.4 is 15.0 Å². The highest BCUT2D eigenvalue weighted by atomic mass is 16.5. The fourth-order valence-corrected chi connectivity index (χ4v) is 2.70. The number of benzene rings is 1. The zero-order valence-electron chi connectivity index (χ0n) is 15.9. The topological polar surface area (TPSA) is 67.4 Å². The Hall–Kier alpha value is -2.63. The standard InChI is InChI=1S/C20H28N4O2/c1-4-11-24(12-5-2)20-22-14-17(15-23-20)19(25)21-10-9-16-7-6-8-18(13-16)26-3/h6-8,13-15H,4-5,9-12H2,1-3H3,(H,21,25). The Morgan fingerprint density at radius 3 is 2.46 bits per heavy atom. The molecule has 1 amide bonds. The van der Waals surface area contributed by atoms with Gasteiger partial charge in [-0.1, -0.05) is 26.0 Å². The fourth-order valence-electron chi connectivity index (χ4n) is 2.70. The van der Waals surface area contributed by atoms with Gasteiger partial charge in [-0.2, -0.15) is 0 Å². The molecular weight excluding hydrogens is 328 g/mol. The van der Waals surface area contributed by atoms with Gasteiger partial charge in [-0.3, -0.25) is 4.79 Å². The molecule has 140 valence electrons. The molecule has 0 aliphatic heterocycles. The van der Waals surface area contributed by atoms with Gasteiger partial charge >= 0.3 is 0 Å². The van der Waals surface area contributed by atoms with Crippen molar-refractivity contribution in [2.24, 2.45) is 0 Å². The number of nitrogens with zero attached hydrogens (tertiary/aromatic N) is 3. The maximum absolute atomic E-state index is 12.3. The molecule has 0 bridgehead atoms. The highest BCUT2D eigenvalue weighted by Gasteiger charge is 2.10. The molecule has 0 radical (unpaired) electrons. The molecular formula is C20H28N4O2. The van der Waals surface area contributed by atoms with E-state index in [9.17, 15) is 4.79 Å². The summed E-state index contributed by atoms with van der Waals surface area (Å²) in [7, 11) is 1.65. The molecule has 2 aromatic rings. The fraction of sp³-hybridized carbons (Fsp3) is 0.450. The van der Waals surface area contributed by atoms with Crippen LogP contribution in [0.5, 0.6) is 5.75 Å². The first-order valence-electron chi connectivity index (χ1n) is 9.16. The van der Waals surface area contributed by atoms with Crippen molar-refractivity contribution in [2.45, 2.75) is 33.1 Å². The summed E-state index contributed by atoms with van der Waals surface area (Å²) in [6, 6.07) is 7.84. The molecule has 1 N–H and O–H groups in total. The van der Waals surface area contributed by atoms with Crippen LogP contribution in [0.1, 0.15) is 42.6 Å². The van der Waals surface area contributed by atoms with Crippen molar-refractivity contribution < 1.29 is 9.53 Å². The van der Waals surface area contributed by atoms with Crippen molar-refractivity contribution in [3.63, 3.8) is 0 Å². The SMILES string of the molecule is CCCN(CCC)c1ncc(C(=O)NCCc2cccc(OC)c2)cn1. The zero-order chi connectivity index (χ0) is 18.8. The molecule has 0 atom stereocenters. The lowest BCUT2D eigenvalue weighted by Crippen LogP contribution is -2.28. The molecule has 0 saturated carbocycles. The third-order valence-electron chi connectivity index (χ3n) is 4.00. The third-order valence-corrected chi connectivity index (χ3v) is 4.00. The minimum atomic E-state index is -0.156. The molecule has 2 rings (SSSR count). The van der Waals surface area contributed by atoms with Gasteiger partial charge in [-0.05, 0) is 37.0 Å². The van der Waals surface area contributed by atoms with Crippen LogP contribution in [0.3, 0.4) is 0 Å². The van der Waals surface area contributed by atoms with Crippen LogP contribution in [-0.2, 0) is 6.42 Å². The number of aromatic nitrogens is 2. The van der Waals surface area contributed by atoms with Crippen molar-refractivity contribution in [3.8, 4) is 5.75 Å². The number of anilines is 1. The van der Waals surface area contributed by atoms with Crippen molar-refractivity contribution in [1.29, 1.82) is 0 Å². The number of methoxy groups -OCH3 is 1. The summed E-state index contributed by atoms with van der Waals surface area (Å²) in [5, 5.41) is 2.91. The zero-order valence-corrected chi connectivity index (χ0v) is 15.9. The van der Waals surface area contributed by atoms with Crippen LogP contribution in [0.25, 0.3) is 0 Å². The smallest absolute Gasteiger partial charge is 0.254 e. The van der Waals surface area contributed by atoms with E-state index in [1.165, 1.54) is 0 Å². The summed E-state index contributed by atoms with van der Waals surface area (Å²) in [5.74, 6) is 1.35. The van der Waals surface area contributed by atoms with Crippen LogP contribution in [-0.4, -0.2) is 42.6 Å². The number of amides is 1. The second-order valence-corrected chi connectivity index (χ2v) is 6.12. The van der Waals surface area contributed by atoms with Crippen molar-refractivity contribution in [1.82, 2.24) is 15.3 Å². The van der Waals surface area contributed by atoms with E-state index in [1.807, 2.05) is 24.3 Å². The van der Waals surface area contributed by atoms with E-state index >= 15 is 0 Å². The van der Waals surface area contributed by atoms with E-state index in [0.29, 0.717) is 18.1 Å². The maximum Gasteiger partial charge on any atom is 0.254 e. The van der Waals surface area contributed by atoms with Crippen molar-refractivity contribution in [2.75, 3.05) is 31.6 Å². The average molecular weight is 356 g/mol. The Morgan fingerprint density at radius 2 is 1.85 bits per heavy atom. The average Bonchev–Trinajstić information content (AvgIpc) is 2.68. The van der Waals surface area contributed by atoms with E-state index < -0.39 is 0 Å².